The largest absolute Gasteiger partial charge is 0.325 e. The Morgan fingerprint density at radius 2 is 1.69 bits per heavy atom. The van der Waals surface area contributed by atoms with Crippen molar-refractivity contribution < 1.29 is 22.8 Å². The molecule has 0 radical (unpaired) electrons. The van der Waals surface area contributed by atoms with Gasteiger partial charge in [0.15, 0.2) is 0 Å². The van der Waals surface area contributed by atoms with Crippen LogP contribution in [-0.4, -0.2) is 37.7 Å². The highest BCUT2D eigenvalue weighted by Crippen LogP contribution is 2.31. The number of benzene rings is 3. The second kappa shape index (κ2) is 7.74. The van der Waals surface area contributed by atoms with Gasteiger partial charge in [0.1, 0.15) is 12.1 Å². The highest BCUT2D eigenvalue weighted by molar-refractivity contribution is 7.89. The van der Waals surface area contributed by atoms with Crippen LogP contribution in [0.3, 0.4) is 0 Å². The molecular weight excluding hydrogens is 432 g/mol. The normalized spacial score (nSPS) is 18.6. The van der Waals surface area contributed by atoms with Gasteiger partial charge in [0, 0.05) is 5.69 Å². The van der Waals surface area contributed by atoms with Crippen molar-refractivity contribution in [3.05, 3.63) is 72.3 Å². The Kier molecular flexibility index (Phi) is 5.19. The number of nitrogens with one attached hydrogen (secondary N) is 2. The van der Waals surface area contributed by atoms with Crippen LogP contribution in [0.1, 0.15) is 12.5 Å². The number of amides is 4. The van der Waals surface area contributed by atoms with Gasteiger partial charge in [-0.1, -0.05) is 36.4 Å². The maximum absolute atomic E-state index is 13.1. The molecule has 0 unspecified atom stereocenters. The van der Waals surface area contributed by atoms with E-state index in [2.05, 4.69) is 10.6 Å². The zero-order valence-corrected chi connectivity index (χ0v) is 17.8. The highest BCUT2D eigenvalue weighted by Gasteiger charge is 2.49. The van der Waals surface area contributed by atoms with E-state index in [1.807, 2.05) is 36.4 Å². The van der Waals surface area contributed by atoms with Crippen LogP contribution in [0.2, 0.25) is 0 Å². The van der Waals surface area contributed by atoms with Gasteiger partial charge in [-0.05, 0) is 53.6 Å². The first kappa shape index (κ1) is 21.5. The first-order valence-corrected chi connectivity index (χ1v) is 11.2. The fourth-order valence-corrected chi connectivity index (χ4v) is 4.12. The second-order valence-electron chi connectivity index (χ2n) is 7.63. The summed E-state index contributed by atoms with van der Waals surface area (Å²) in [4.78, 5) is 38.8. The van der Waals surface area contributed by atoms with E-state index in [1.165, 1.54) is 24.3 Å². The molecule has 3 aromatic rings. The van der Waals surface area contributed by atoms with Crippen molar-refractivity contribution in [1.82, 2.24) is 10.2 Å². The van der Waals surface area contributed by atoms with Gasteiger partial charge in [0.25, 0.3) is 5.91 Å². The molecule has 0 spiro atoms. The smallest absolute Gasteiger partial charge is 0.325 e. The Balaban J connectivity index is 1.50. The van der Waals surface area contributed by atoms with Gasteiger partial charge >= 0.3 is 6.03 Å². The number of anilines is 1. The Morgan fingerprint density at radius 3 is 2.34 bits per heavy atom. The number of sulfonamides is 1. The lowest BCUT2D eigenvalue weighted by Gasteiger charge is -2.22. The lowest BCUT2D eigenvalue weighted by atomic mass is 9.90. The van der Waals surface area contributed by atoms with Gasteiger partial charge in [0.05, 0.1) is 4.90 Å². The molecule has 9 nitrogen and oxygen atoms in total. The molecule has 1 saturated heterocycles. The van der Waals surface area contributed by atoms with Crippen LogP contribution in [0, 0.1) is 0 Å². The SMILES string of the molecule is C[C@@]1(c2ccc3ccccc3c2)NC(=O)N(CC(=O)Nc2ccc(S(N)(=O)=O)cc2)C1=O. The number of nitrogens with zero attached hydrogens (tertiary/aromatic N) is 1. The topological polar surface area (TPSA) is 139 Å². The number of hydrogen-bond donors (Lipinski definition) is 3. The second-order valence-corrected chi connectivity index (χ2v) is 9.19. The molecule has 4 N–H and O–H groups in total. The van der Waals surface area contributed by atoms with Crippen molar-refractivity contribution in [1.29, 1.82) is 0 Å². The van der Waals surface area contributed by atoms with Crippen LogP contribution in [0.25, 0.3) is 10.8 Å². The van der Waals surface area contributed by atoms with Crippen molar-refractivity contribution in [3.63, 3.8) is 0 Å². The third kappa shape index (κ3) is 3.93. The lowest BCUT2D eigenvalue weighted by Crippen LogP contribution is -2.42. The molecule has 32 heavy (non-hydrogen) atoms. The number of rotatable bonds is 5. The zero-order chi connectivity index (χ0) is 23.1. The van der Waals surface area contributed by atoms with Crippen molar-refractivity contribution >= 4 is 44.3 Å². The van der Waals surface area contributed by atoms with Gasteiger partial charge in [-0.3, -0.25) is 14.5 Å². The average Bonchev–Trinajstić information content (AvgIpc) is 2.97. The molecule has 1 heterocycles. The average molecular weight is 452 g/mol. The molecule has 164 valence electrons. The van der Waals surface area contributed by atoms with Crippen LogP contribution in [0.5, 0.6) is 0 Å². The minimum atomic E-state index is -3.85. The molecule has 10 heteroatoms. The van der Waals surface area contributed by atoms with Crippen molar-refractivity contribution in [3.8, 4) is 0 Å². The molecule has 1 aliphatic heterocycles. The van der Waals surface area contributed by atoms with E-state index in [9.17, 15) is 22.8 Å². The minimum absolute atomic E-state index is 0.101. The van der Waals surface area contributed by atoms with Crippen molar-refractivity contribution in [2.75, 3.05) is 11.9 Å². The Labute approximate surface area is 184 Å². The number of carbonyl (C=O) groups excluding carboxylic acids is 3. The Hall–Kier alpha value is -3.76. The first-order chi connectivity index (χ1) is 15.1. The predicted molar refractivity (Wildman–Crippen MR) is 118 cm³/mol. The van der Waals surface area contributed by atoms with E-state index in [0.717, 1.165) is 15.7 Å². The van der Waals surface area contributed by atoms with E-state index in [0.29, 0.717) is 11.3 Å². The number of primary sulfonamides is 1. The van der Waals surface area contributed by atoms with E-state index < -0.39 is 40.0 Å². The van der Waals surface area contributed by atoms with Crippen LogP contribution in [0.4, 0.5) is 10.5 Å². The fourth-order valence-electron chi connectivity index (χ4n) is 3.61. The molecule has 1 fully saturated rings. The molecule has 1 atom stereocenters. The summed E-state index contributed by atoms with van der Waals surface area (Å²) in [7, 11) is -3.85. The quantitative estimate of drug-likeness (QED) is 0.508. The van der Waals surface area contributed by atoms with Crippen LogP contribution >= 0.6 is 0 Å². The summed E-state index contributed by atoms with van der Waals surface area (Å²) in [6, 6.07) is 17.7. The van der Waals surface area contributed by atoms with Gasteiger partial charge < -0.3 is 10.6 Å². The lowest BCUT2D eigenvalue weighted by molar-refractivity contribution is -0.133. The Morgan fingerprint density at radius 1 is 1.03 bits per heavy atom. The van der Waals surface area contributed by atoms with Crippen LogP contribution in [-0.2, 0) is 25.2 Å². The zero-order valence-electron chi connectivity index (χ0n) is 17.0. The van der Waals surface area contributed by atoms with Gasteiger partial charge in [-0.2, -0.15) is 0 Å². The van der Waals surface area contributed by atoms with Crippen molar-refractivity contribution in [2.24, 2.45) is 5.14 Å². The summed E-state index contributed by atoms with van der Waals surface area (Å²) in [5.41, 5.74) is -0.402. The molecule has 0 aliphatic carbocycles. The molecule has 0 saturated carbocycles. The van der Waals surface area contributed by atoms with Gasteiger partial charge in [0.2, 0.25) is 15.9 Å². The minimum Gasteiger partial charge on any atom is -0.325 e. The number of imide groups is 1. The summed E-state index contributed by atoms with van der Waals surface area (Å²) >= 11 is 0. The summed E-state index contributed by atoms with van der Waals surface area (Å²) in [5.74, 6) is -1.16. The number of carbonyl (C=O) groups is 3. The molecule has 0 aromatic heterocycles. The van der Waals surface area contributed by atoms with Crippen LogP contribution < -0.4 is 15.8 Å². The highest BCUT2D eigenvalue weighted by atomic mass is 32.2. The molecule has 1 aliphatic rings. The maximum atomic E-state index is 13.1. The molecule has 4 rings (SSSR count). The first-order valence-electron chi connectivity index (χ1n) is 9.64. The van der Waals surface area contributed by atoms with Crippen LogP contribution in [0.15, 0.2) is 71.6 Å². The van der Waals surface area contributed by atoms with E-state index in [4.69, 9.17) is 5.14 Å². The van der Waals surface area contributed by atoms with Crippen molar-refractivity contribution in [2.45, 2.75) is 17.4 Å². The molecule has 4 amide bonds. The molecule has 0 bridgehead atoms. The summed E-state index contributed by atoms with van der Waals surface area (Å²) in [6.45, 7) is 1.10. The Bertz CT molecular complexity index is 1350. The number of hydrogen-bond acceptors (Lipinski definition) is 5. The van der Waals surface area contributed by atoms with E-state index in [1.54, 1.807) is 13.0 Å². The van der Waals surface area contributed by atoms with Gasteiger partial charge in [-0.15, -0.1) is 0 Å². The van der Waals surface area contributed by atoms with Gasteiger partial charge in [-0.25, -0.2) is 18.4 Å². The molecule has 3 aromatic carbocycles. The standard InChI is InChI=1S/C22H20N4O5S/c1-22(16-7-6-14-4-2-3-5-15(14)12-16)20(28)26(21(29)25-22)13-19(27)24-17-8-10-18(11-9-17)32(23,30)31/h2-12H,13H2,1H3,(H,24,27)(H,25,29)(H2,23,30,31)/t22-/m0/s1. The monoisotopic (exact) mass is 452 g/mol. The fraction of sp³-hybridized carbons (Fsp3) is 0.136. The van der Waals surface area contributed by atoms with E-state index in [-0.39, 0.29) is 4.90 Å². The molecular formula is C22H20N4O5S. The number of nitrogens with two attached hydrogens (primary N) is 1. The summed E-state index contributed by atoms with van der Waals surface area (Å²) < 4.78 is 22.6. The summed E-state index contributed by atoms with van der Waals surface area (Å²) in [5, 5.41) is 12.2. The third-order valence-electron chi connectivity index (χ3n) is 5.37. The summed E-state index contributed by atoms with van der Waals surface area (Å²) in [6.07, 6.45) is 0. The third-order valence-corrected chi connectivity index (χ3v) is 6.30. The predicted octanol–water partition coefficient (Wildman–Crippen LogP) is 1.89. The van der Waals surface area contributed by atoms with E-state index >= 15 is 0 Å². The maximum Gasteiger partial charge on any atom is 0.325 e. The number of fused-ring (bicyclic) bond motifs is 1. The number of urea groups is 1.